The van der Waals surface area contributed by atoms with Crippen molar-refractivity contribution in [2.45, 2.75) is 0 Å². The molecule has 0 unspecified atom stereocenters. The molecule has 0 saturated carbocycles. The normalized spacial score (nSPS) is 10.4. The Kier molecular flexibility index (Phi) is 4.17. The zero-order chi connectivity index (χ0) is 13.1. The van der Waals surface area contributed by atoms with Crippen LogP contribution in [0.25, 0.3) is 0 Å². The van der Waals surface area contributed by atoms with Gasteiger partial charge in [-0.2, -0.15) is 13.7 Å². The lowest BCUT2D eigenvalue weighted by Crippen LogP contribution is -2.29. The van der Waals surface area contributed by atoms with E-state index in [0.717, 1.165) is 0 Å². The number of carbonyl (C=O) groups excluding carboxylic acids is 1. The van der Waals surface area contributed by atoms with Gasteiger partial charge in [0.1, 0.15) is 0 Å². The molecule has 0 aliphatic carbocycles. The number of rotatable bonds is 2. The lowest BCUT2D eigenvalue weighted by Gasteiger charge is -2.05. The molecule has 0 fully saturated rings. The summed E-state index contributed by atoms with van der Waals surface area (Å²) in [7, 11) is 0.549. The lowest BCUT2D eigenvalue weighted by molar-refractivity contribution is 0.207. The number of amides is 1. The third-order valence-electron chi connectivity index (χ3n) is 1.47. The molecule has 0 bridgehead atoms. The Hall–Kier alpha value is -1.49. The highest BCUT2D eigenvalue weighted by Gasteiger charge is 2.14. The Morgan fingerprint density at radius 2 is 2.12 bits per heavy atom. The predicted octanol–water partition coefficient (Wildman–Crippen LogP) is 1.78. The van der Waals surface area contributed by atoms with E-state index in [9.17, 15) is 13.2 Å². The molecule has 0 radical (unpaired) electrons. The van der Waals surface area contributed by atoms with Crippen LogP contribution in [0.15, 0.2) is 18.2 Å². The molecule has 0 atom stereocenters. The van der Waals surface area contributed by atoms with E-state index in [2.05, 4.69) is 4.74 Å². The Morgan fingerprint density at radius 1 is 1.47 bits per heavy atom. The van der Waals surface area contributed by atoms with E-state index >= 15 is 0 Å². The average Bonchev–Trinajstić information content (AvgIpc) is 2.18. The SMILES string of the molecule is N#Cc1ccc(OC(=O)NS(=O)(=O)Cl)c(Cl)c1. The molecule has 0 spiro atoms. The van der Waals surface area contributed by atoms with Crippen LogP contribution in [0.2, 0.25) is 5.02 Å². The molecule has 0 heterocycles. The Balaban J connectivity index is 2.83. The van der Waals surface area contributed by atoms with Crippen LogP contribution in [-0.4, -0.2) is 14.5 Å². The standard InChI is InChI=1S/C8H4Cl2N2O4S/c9-6-3-5(4-11)1-2-7(6)16-8(13)12-17(10,14)15/h1-3H,(H,12,13). The van der Waals surface area contributed by atoms with Crippen molar-refractivity contribution in [1.29, 1.82) is 5.26 Å². The summed E-state index contributed by atoms with van der Waals surface area (Å²) >= 11 is 5.68. The predicted molar refractivity (Wildman–Crippen MR) is 60.1 cm³/mol. The summed E-state index contributed by atoms with van der Waals surface area (Å²) in [6.07, 6.45) is -1.30. The van der Waals surface area contributed by atoms with Gasteiger partial charge in [-0.25, -0.2) is 9.52 Å². The van der Waals surface area contributed by atoms with Crippen molar-refractivity contribution in [3.63, 3.8) is 0 Å². The van der Waals surface area contributed by atoms with Crippen LogP contribution in [0.5, 0.6) is 5.75 Å². The van der Waals surface area contributed by atoms with E-state index in [4.69, 9.17) is 27.5 Å². The van der Waals surface area contributed by atoms with Crippen LogP contribution in [0, 0.1) is 11.3 Å². The highest BCUT2D eigenvalue weighted by atomic mass is 35.7. The maximum Gasteiger partial charge on any atom is 0.427 e. The summed E-state index contributed by atoms with van der Waals surface area (Å²) in [5, 5.41) is 8.55. The van der Waals surface area contributed by atoms with Gasteiger partial charge in [-0.05, 0) is 18.2 Å². The fraction of sp³-hybridized carbons (Fsp3) is 0. The molecule has 0 aliphatic heterocycles. The number of carbonyl (C=O) groups is 1. The van der Waals surface area contributed by atoms with Crippen LogP contribution in [-0.2, 0) is 9.24 Å². The Labute approximate surface area is 106 Å². The Bertz CT molecular complexity index is 594. The van der Waals surface area contributed by atoms with E-state index in [1.165, 1.54) is 22.9 Å². The van der Waals surface area contributed by atoms with Gasteiger partial charge in [0.2, 0.25) is 0 Å². The first kappa shape index (κ1) is 13.6. The molecular weight excluding hydrogens is 291 g/mol. The first-order chi connectivity index (χ1) is 7.81. The quantitative estimate of drug-likeness (QED) is 0.839. The summed E-state index contributed by atoms with van der Waals surface area (Å²) in [6, 6.07) is 5.69. The zero-order valence-corrected chi connectivity index (χ0v) is 10.3. The summed E-state index contributed by atoms with van der Waals surface area (Å²) in [5.74, 6) is -0.0940. The number of ether oxygens (including phenoxy) is 1. The zero-order valence-electron chi connectivity index (χ0n) is 7.98. The first-order valence-electron chi connectivity index (χ1n) is 3.95. The number of nitrogens with zero attached hydrogens (tertiary/aromatic N) is 1. The smallest absolute Gasteiger partial charge is 0.408 e. The van der Waals surface area contributed by atoms with Crippen molar-refractivity contribution in [3.05, 3.63) is 28.8 Å². The summed E-state index contributed by atoms with van der Waals surface area (Å²) in [5.41, 5.74) is 0.271. The molecule has 90 valence electrons. The molecule has 1 amide bonds. The number of nitriles is 1. The average molecular weight is 295 g/mol. The van der Waals surface area contributed by atoms with Crippen molar-refractivity contribution in [2.75, 3.05) is 0 Å². The summed E-state index contributed by atoms with van der Waals surface area (Å²) in [6.45, 7) is 0. The molecule has 1 aromatic carbocycles. The van der Waals surface area contributed by atoms with Crippen molar-refractivity contribution >= 4 is 37.6 Å². The van der Waals surface area contributed by atoms with Gasteiger partial charge in [0.05, 0.1) is 16.7 Å². The summed E-state index contributed by atoms with van der Waals surface area (Å²) < 4.78 is 26.9. The molecule has 1 aromatic rings. The van der Waals surface area contributed by atoms with E-state index in [1.807, 2.05) is 6.07 Å². The van der Waals surface area contributed by atoms with Gasteiger partial charge in [0.25, 0.3) is 0 Å². The largest absolute Gasteiger partial charge is 0.427 e. The minimum absolute atomic E-state index is 0.00818. The van der Waals surface area contributed by atoms with Crippen LogP contribution in [0.3, 0.4) is 0 Å². The molecule has 6 nitrogen and oxygen atoms in total. The second-order valence-electron chi connectivity index (χ2n) is 2.69. The molecule has 1 rings (SSSR count). The minimum Gasteiger partial charge on any atom is -0.408 e. The van der Waals surface area contributed by atoms with Gasteiger partial charge in [-0.15, -0.1) is 0 Å². The van der Waals surface area contributed by atoms with Crippen molar-refractivity contribution in [3.8, 4) is 11.8 Å². The summed E-state index contributed by atoms with van der Waals surface area (Å²) in [4.78, 5) is 11.0. The van der Waals surface area contributed by atoms with Crippen LogP contribution >= 0.6 is 22.3 Å². The van der Waals surface area contributed by atoms with Crippen LogP contribution in [0.4, 0.5) is 4.79 Å². The third-order valence-corrected chi connectivity index (χ3v) is 2.41. The number of hydrogen-bond donors (Lipinski definition) is 1. The van der Waals surface area contributed by atoms with Gasteiger partial charge in [-0.1, -0.05) is 11.6 Å². The molecular formula is C8H4Cl2N2O4S. The van der Waals surface area contributed by atoms with Crippen molar-refractivity contribution < 1.29 is 17.9 Å². The lowest BCUT2D eigenvalue weighted by atomic mass is 10.2. The fourth-order valence-electron chi connectivity index (χ4n) is 0.873. The monoisotopic (exact) mass is 294 g/mol. The van der Waals surface area contributed by atoms with E-state index < -0.39 is 15.3 Å². The van der Waals surface area contributed by atoms with Crippen LogP contribution in [0.1, 0.15) is 5.56 Å². The second-order valence-corrected chi connectivity index (χ2v) is 5.39. The molecule has 0 aliphatic rings. The van der Waals surface area contributed by atoms with E-state index in [0.29, 0.717) is 0 Å². The molecule has 0 saturated heterocycles. The fourth-order valence-corrected chi connectivity index (χ4v) is 1.52. The molecule has 0 aromatic heterocycles. The number of hydrogen-bond acceptors (Lipinski definition) is 5. The minimum atomic E-state index is -4.22. The van der Waals surface area contributed by atoms with Gasteiger partial charge in [0, 0.05) is 10.7 Å². The highest BCUT2D eigenvalue weighted by Crippen LogP contribution is 2.25. The van der Waals surface area contributed by atoms with Gasteiger partial charge in [0.15, 0.2) is 5.75 Å². The number of nitrogens with one attached hydrogen (secondary N) is 1. The van der Waals surface area contributed by atoms with Crippen LogP contribution < -0.4 is 9.46 Å². The van der Waals surface area contributed by atoms with Gasteiger partial charge in [-0.3, -0.25) is 0 Å². The van der Waals surface area contributed by atoms with E-state index in [-0.39, 0.29) is 16.3 Å². The maximum absolute atomic E-state index is 11.0. The molecule has 1 N–H and O–H groups in total. The number of halogens is 2. The third kappa shape index (κ3) is 4.48. The Morgan fingerprint density at radius 3 is 2.59 bits per heavy atom. The molecule has 17 heavy (non-hydrogen) atoms. The topological polar surface area (TPSA) is 96.3 Å². The van der Waals surface area contributed by atoms with Crippen molar-refractivity contribution in [1.82, 2.24) is 4.72 Å². The first-order valence-corrected chi connectivity index (χ1v) is 6.64. The molecule has 9 heteroatoms. The van der Waals surface area contributed by atoms with Crippen molar-refractivity contribution in [2.24, 2.45) is 0 Å². The van der Waals surface area contributed by atoms with Gasteiger partial charge >= 0.3 is 15.3 Å². The second kappa shape index (κ2) is 5.23. The van der Waals surface area contributed by atoms with E-state index in [1.54, 1.807) is 0 Å². The maximum atomic E-state index is 11.0. The van der Waals surface area contributed by atoms with Gasteiger partial charge < -0.3 is 4.74 Å². The number of benzene rings is 1. The highest BCUT2D eigenvalue weighted by molar-refractivity contribution is 8.12.